The first-order chi connectivity index (χ1) is 11.2. The minimum absolute atomic E-state index is 0.309. The van der Waals surface area contributed by atoms with Crippen LogP contribution in [0.3, 0.4) is 0 Å². The molecule has 0 aromatic heterocycles. The molecular weight excluding hydrogens is 308 g/mol. The summed E-state index contributed by atoms with van der Waals surface area (Å²) < 4.78 is 6.66. The molecule has 0 aromatic rings. The van der Waals surface area contributed by atoms with Crippen LogP contribution >= 0.6 is 0 Å². The van der Waals surface area contributed by atoms with Crippen molar-refractivity contribution in [3.63, 3.8) is 0 Å². The van der Waals surface area contributed by atoms with E-state index in [1.165, 1.54) is 69.8 Å². The summed E-state index contributed by atoms with van der Waals surface area (Å²) in [6.07, 6.45) is 16.8. The maximum absolute atomic E-state index is 6.66. The third-order valence-corrected chi connectivity index (χ3v) is 10.7. The Bertz CT molecular complexity index is 378. The van der Waals surface area contributed by atoms with Gasteiger partial charge in [-0.2, -0.15) is 0 Å². The Kier molecular flexibility index (Phi) is 9.30. The summed E-state index contributed by atoms with van der Waals surface area (Å²) in [5, 5.41) is 0.309. The van der Waals surface area contributed by atoms with Crippen molar-refractivity contribution < 1.29 is 4.43 Å². The van der Waals surface area contributed by atoms with Crippen LogP contribution in [0, 0.1) is 5.92 Å². The lowest BCUT2D eigenvalue weighted by molar-refractivity contribution is 0.201. The molecule has 0 bridgehead atoms. The van der Waals surface area contributed by atoms with Crippen LogP contribution in [-0.4, -0.2) is 14.4 Å². The van der Waals surface area contributed by atoms with Gasteiger partial charge in [0.05, 0.1) is 6.10 Å². The number of hydrogen-bond donors (Lipinski definition) is 0. The number of unbranched alkanes of at least 4 members (excludes halogenated alkanes) is 7. The molecule has 0 heterocycles. The van der Waals surface area contributed by atoms with Crippen LogP contribution in [0.2, 0.25) is 18.1 Å². The smallest absolute Gasteiger partial charge is 0.192 e. The average Bonchev–Trinajstić information content (AvgIpc) is 2.80. The van der Waals surface area contributed by atoms with Gasteiger partial charge in [-0.1, -0.05) is 85.1 Å². The van der Waals surface area contributed by atoms with Gasteiger partial charge < -0.3 is 4.43 Å². The predicted octanol–water partition coefficient (Wildman–Crippen LogP) is 7.87. The zero-order valence-electron chi connectivity index (χ0n) is 17.7. The maximum atomic E-state index is 6.66. The van der Waals surface area contributed by atoms with Crippen LogP contribution in [0.15, 0.2) is 11.6 Å². The van der Waals surface area contributed by atoms with Crippen molar-refractivity contribution in [2.45, 2.75) is 123 Å². The van der Waals surface area contributed by atoms with Crippen molar-refractivity contribution in [1.29, 1.82) is 0 Å². The third kappa shape index (κ3) is 7.43. The molecule has 1 aliphatic carbocycles. The van der Waals surface area contributed by atoms with Gasteiger partial charge in [-0.3, -0.25) is 0 Å². The molecule has 1 nitrogen and oxygen atoms in total. The van der Waals surface area contributed by atoms with Crippen molar-refractivity contribution in [2.24, 2.45) is 5.92 Å². The Morgan fingerprint density at radius 3 is 2.08 bits per heavy atom. The van der Waals surface area contributed by atoms with Crippen LogP contribution in [0.25, 0.3) is 0 Å². The lowest BCUT2D eigenvalue weighted by atomic mass is 9.99. The highest BCUT2D eigenvalue weighted by molar-refractivity contribution is 6.74. The highest BCUT2D eigenvalue weighted by Gasteiger charge is 2.40. The zero-order valence-corrected chi connectivity index (χ0v) is 18.7. The van der Waals surface area contributed by atoms with E-state index in [2.05, 4.69) is 53.8 Å². The van der Waals surface area contributed by atoms with Gasteiger partial charge in [-0.25, -0.2) is 0 Å². The molecule has 0 radical (unpaired) electrons. The fraction of sp³-hybridized carbons (Fsp3) is 0.909. The normalized spacial score (nSPS) is 22.0. The molecule has 0 saturated heterocycles. The Morgan fingerprint density at radius 1 is 1.00 bits per heavy atom. The molecule has 142 valence electrons. The van der Waals surface area contributed by atoms with Crippen LogP contribution in [0.5, 0.6) is 0 Å². The van der Waals surface area contributed by atoms with E-state index in [0.717, 1.165) is 5.92 Å². The SMILES string of the molecule is CCCCCCCCCC[C@@H]1C=C(C)[C@H](O[Si](C)(C)C(C)(C)C)C1. The highest BCUT2D eigenvalue weighted by atomic mass is 28.4. The zero-order chi connectivity index (χ0) is 18.2. The molecule has 0 unspecified atom stereocenters. The summed E-state index contributed by atoms with van der Waals surface area (Å²) in [5.74, 6) is 0.764. The Hall–Kier alpha value is -0.0831. The minimum atomic E-state index is -1.64. The van der Waals surface area contributed by atoms with Crippen LogP contribution in [-0.2, 0) is 4.43 Å². The molecule has 0 aliphatic heterocycles. The Morgan fingerprint density at radius 2 is 1.54 bits per heavy atom. The molecule has 0 amide bonds. The first-order valence-electron chi connectivity index (χ1n) is 10.5. The van der Waals surface area contributed by atoms with Gasteiger partial charge >= 0.3 is 0 Å². The summed E-state index contributed by atoms with van der Waals surface area (Å²) in [5.41, 5.74) is 1.49. The molecule has 2 heteroatoms. The van der Waals surface area contributed by atoms with Gasteiger partial charge in [0.1, 0.15) is 0 Å². The molecule has 0 N–H and O–H groups in total. The van der Waals surface area contributed by atoms with E-state index in [-0.39, 0.29) is 0 Å². The standard InChI is InChI=1S/C22H44OSi/c1-8-9-10-11-12-13-14-15-16-20-17-19(2)21(18-20)23-24(6,7)22(3,4)5/h17,20-21H,8-16,18H2,1-7H3/t20-,21-/m1/s1. The predicted molar refractivity (Wildman–Crippen MR) is 111 cm³/mol. The minimum Gasteiger partial charge on any atom is -0.410 e. The van der Waals surface area contributed by atoms with E-state index in [1.54, 1.807) is 0 Å². The Balaban J connectivity index is 2.22. The van der Waals surface area contributed by atoms with E-state index < -0.39 is 8.32 Å². The lowest BCUT2D eigenvalue weighted by Gasteiger charge is -2.39. The highest BCUT2D eigenvalue weighted by Crippen LogP contribution is 2.41. The molecule has 1 rings (SSSR count). The summed E-state index contributed by atoms with van der Waals surface area (Å²) in [4.78, 5) is 0. The topological polar surface area (TPSA) is 9.23 Å². The van der Waals surface area contributed by atoms with Crippen molar-refractivity contribution >= 4 is 8.32 Å². The van der Waals surface area contributed by atoms with Crippen LogP contribution in [0.4, 0.5) is 0 Å². The van der Waals surface area contributed by atoms with E-state index in [1.807, 2.05) is 0 Å². The Labute approximate surface area is 153 Å². The van der Waals surface area contributed by atoms with Crippen molar-refractivity contribution in [1.82, 2.24) is 0 Å². The second-order valence-electron chi connectivity index (χ2n) is 9.54. The molecule has 0 aromatic carbocycles. The molecule has 0 saturated carbocycles. The second kappa shape index (κ2) is 10.2. The molecule has 24 heavy (non-hydrogen) atoms. The molecule has 1 aliphatic rings. The number of hydrogen-bond acceptors (Lipinski definition) is 1. The van der Waals surface area contributed by atoms with E-state index in [9.17, 15) is 0 Å². The summed E-state index contributed by atoms with van der Waals surface area (Å²) in [7, 11) is -1.64. The molecule has 2 atom stereocenters. The summed E-state index contributed by atoms with van der Waals surface area (Å²) in [6, 6.07) is 0. The van der Waals surface area contributed by atoms with Gasteiger partial charge in [-0.15, -0.1) is 0 Å². The molecule has 0 spiro atoms. The van der Waals surface area contributed by atoms with Gasteiger partial charge in [-0.05, 0) is 49.4 Å². The van der Waals surface area contributed by atoms with E-state index in [4.69, 9.17) is 4.43 Å². The van der Waals surface area contributed by atoms with Crippen LogP contribution < -0.4 is 0 Å². The first-order valence-corrected chi connectivity index (χ1v) is 13.4. The van der Waals surface area contributed by atoms with E-state index >= 15 is 0 Å². The monoisotopic (exact) mass is 352 g/mol. The lowest BCUT2D eigenvalue weighted by Crippen LogP contribution is -2.43. The number of allylic oxidation sites excluding steroid dienone is 1. The second-order valence-corrected chi connectivity index (χ2v) is 14.3. The number of rotatable bonds is 11. The van der Waals surface area contributed by atoms with E-state index in [0.29, 0.717) is 11.1 Å². The molecular formula is C22H44OSi. The first kappa shape index (κ1) is 22.0. The fourth-order valence-corrected chi connectivity index (χ4v) is 4.77. The van der Waals surface area contributed by atoms with Gasteiger partial charge in [0.15, 0.2) is 8.32 Å². The third-order valence-electron chi connectivity index (χ3n) is 6.19. The van der Waals surface area contributed by atoms with Gasteiger partial charge in [0.2, 0.25) is 0 Å². The molecule has 0 fully saturated rings. The van der Waals surface area contributed by atoms with Gasteiger partial charge in [0.25, 0.3) is 0 Å². The average molecular weight is 353 g/mol. The van der Waals surface area contributed by atoms with Crippen molar-refractivity contribution in [3.8, 4) is 0 Å². The van der Waals surface area contributed by atoms with Gasteiger partial charge in [0, 0.05) is 0 Å². The largest absolute Gasteiger partial charge is 0.410 e. The van der Waals surface area contributed by atoms with Crippen LogP contribution in [0.1, 0.15) is 98.8 Å². The maximum Gasteiger partial charge on any atom is 0.192 e. The van der Waals surface area contributed by atoms with Crippen molar-refractivity contribution in [3.05, 3.63) is 11.6 Å². The summed E-state index contributed by atoms with van der Waals surface area (Å²) >= 11 is 0. The fourth-order valence-electron chi connectivity index (χ4n) is 3.42. The quantitative estimate of drug-likeness (QED) is 0.209. The van der Waals surface area contributed by atoms with Crippen molar-refractivity contribution in [2.75, 3.05) is 0 Å². The summed E-state index contributed by atoms with van der Waals surface area (Å²) in [6.45, 7) is 16.4.